The molecule has 10 nitrogen and oxygen atoms in total. The Hall–Kier alpha value is -4.86. The fourth-order valence-electron chi connectivity index (χ4n) is 3.88. The molecule has 2 heterocycles. The van der Waals surface area contributed by atoms with Crippen molar-refractivity contribution in [2.45, 2.75) is 39.8 Å². The summed E-state index contributed by atoms with van der Waals surface area (Å²) in [5.74, 6) is 2.71. The van der Waals surface area contributed by atoms with Gasteiger partial charge in [-0.25, -0.2) is 19.7 Å². The molecular weight excluding hydrogens is 508 g/mol. The lowest BCUT2D eigenvalue weighted by molar-refractivity contribution is 0.0636. The van der Waals surface area contributed by atoms with Gasteiger partial charge in [0.15, 0.2) is 0 Å². The highest BCUT2D eigenvalue weighted by atomic mass is 16.6. The van der Waals surface area contributed by atoms with E-state index in [4.69, 9.17) is 14.2 Å². The molecule has 3 N–H and O–H groups in total. The largest absolute Gasteiger partial charge is 0.497 e. The second-order valence-electron chi connectivity index (χ2n) is 10.0. The average molecular weight is 543 g/mol. The number of hydrogen-bond acceptors (Lipinski definition) is 9. The molecule has 2 aromatic heterocycles. The van der Waals surface area contributed by atoms with Crippen LogP contribution in [0.15, 0.2) is 67.1 Å². The first kappa shape index (κ1) is 28.2. The van der Waals surface area contributed by atoms with E-state index in [2.05, 4.69) is 30.9 Å². The van der Waals surface area contributed by atoms with Crippen LogP contribution in [-0.2, 0) is 11.3 Å². The number of pyridine rings is 1. The number of anilines is 4. The Labute approximate surface area is 234 Å². The Morgan fingerprint density at radius 3 is 2.52 bits per heavy atom. The Bertz CT molecular complexity index is 1490. The number of ether oxygens (including phenoxy) is 3. The number of hydrogen-bond donors (Lipinski definition) is 3. The molecule has 0 saturated carbocycles. The third kappa shape index (κ3) is 7.37. The number of carbonyl (C=O) groups is 1. The van der Waals surface area contributed by atoms with Gasteiger partial charge in [-0.05, 0) is 69.7 Å². The van der Waals surface area contributed by atoms with E-state index in [0.717, 1.165) is 33.9 Å². The van der Waals surface area contributed by atoms with Crippen molar-refractivity contribution >= 4 is 29.1 Å². The summed E-state index contributed by atoms with van der Waals surface area (Å²) in [6.45, 7) is 7.94. The summed E-state index contributed by atoms with van der Waals surface area (Å²) in [5.41, 5.74) is 4.21. The zero-order valence-electron chi connectivity index (χ0n) is 23.5. The summed E-state index contributed by atoms with van der Waals surface area (Å²) in [5, 5.41) is 9.51. The maximum atomic E-state index is 12.3. The fraction of sp³-hybridized carbons (Fsp3) is 0.267. The predicted octanol–water partition coefficient (Wildman–Crippen LogP) is 6.57. The van der Waals surface area contributed by atoms with Gasteiger partial charge in [-0.1, -0.05) is 6.07 Å². The number of methoxy groups -OCH3 is 2. The Kier molecular flexibility index (Phi) is 8.68. The van der Waals surface area contributed by atoms with Gasteiger partial charge < -0.3 is 24.8 Å². The second kappa shape index (κ2) is 12.3. The zero-order chi connectivity index (χ0) is 28.7. The molecular formula is C30H34N6O4. The lowest BCUT2D eigenvalue weighted by Gasteiger charge is -2.20. The highest BCUT2D eigenvalue weighted by Gasteiger charge is 2.17. The molecule has 2 aromatic carbocycles. The highest BCUT2D eigenvalue weighted by Crippen LogP contribution is 2.31. The topological polar surface area (TPSA) is 120 Å². The van der Waals surface area contributed by atoms with E-state index in [1.54, 1.807) is 20.4 Å². The third-order valence-corrected chi connectivity index (χ3v) is 5.84. The molecule has 0 saturated heterocycles. The van der Waals surface area contributed by atoms with Gasteiger partial charge in [-0.2, -0.15) is 0 Å². The van der Waals surface area contributed by atoms with Crippen LogP contribution in [0.5, 0.6) is 11.5 Å². The molecule has 4 aromatic rings. The number of nitrogens with zero attached hydrogens (tertiary/aromatic N) is 3. The molecule has 1 amide bonds. The van der Waals surface area contributed by atoms with Crippen molar-refractivity contribution in [1.82, 2.24) is 15.0 Å². The van der Waals surface area contributed by atoms with Crippen LogP contribution in [0.3, 0.4) is 0 Å². The van der Waals surface area contributed by atoms with Crippen LogP contribution in [-0.4, -0.2) is 40.9 Å². The van der Waals surface area contributed by atoms with Gasteiger partial charge in [0.1, 0.15) is 35.1 Å². The summed E-state index contributed by atoms with van der Waals surface area (Å²) in [6, 6.07) is 16.9. The molecule has 40 heavy (non-hydrogen) atoms. The number of nitrogens with one attached hydrogen (secondary N) is 3. The summed E-state index contributed by atoms with van der Waals surface area (Å²) < 4.78 is 16.2. The molecule has 0 radical (unpaired) electrons. The van der Waals surface area contributed by atoms with Gasteiger partial charge in [0.05, 0.1) is 19.9 Å². The molecule has 208 valence electrons. The Balaban J connectivity index is 1.53. The first-order chi connectivity index (χ1) is 19.1. The van der Waals surface area contributed by atoms with Crippen molar-refractivity contribution < 1.29 is 19.0 Å². The first-order valence-corrected chi connectivity index (χ1v) is 12.7. The van der Waals surface area contributed by atoms with Crippen molar-refractivity contribution in [3.8, 4) is 22.8 Å². The van der Waals surface area contributed by atoms with E-state index in [0.29, 0.717) is 29.6 Å². The summed E-state index contributed by atoms with van der Waals surface area (Å²) >= 11 is 0. The van der Waals surface area contributed by atoms with Gasteiger partial charge in [0, 0.05) is 47.4 Å². The molecule has 10 heteroatoms. The van der Waals surface area contributed by atoms with Gasteiger partial charge in [-0.3, -0.25) is 5.32 Å². The molecule has 0 spiro atoms. The van der Waals surface area contributed by atoms with Gasteiger partial charge in [0.25, 0.3) is 0 Å². The van der Waals surface area contributed by atoms with Crippen LogP contribution in [0.1, 0.15) is 31.9 Å². The molecule has 0 aliphatic carbocycles. The van der Waals surface area contributed by atoms with Crippen LogP contribution >= 0.6 is 0 Å². The third-order valence-electron chi connectivity index (χ3n) is 5.84. The van der Waals surface area contributed by atoms with E-state index in [1.807, 2.05) is 82.3 Å². The molecule has 0 atom stereocenters. The maximum Gasteiger partial charge on any atom is 0.412 e. The summed E-state index contributed by atoms with van der Waals surface area (Å²) in [4.78, 5) is 25.7. The SMILES string of the molecule is COc1ccc(CNc2cc(-c3cccnc3Nc3cc(NC(=O)OC(C)(C)C)ccc3C)ncn2)c(OC)c1. The molecule has 0 aliphatic heterocycles. The van der Waals surface area contributed by atoms with Gasteiger partial charge >= 0.3 is 6.09 Å². The number of amides is 1. The van der Waals surface area contributed by atoms with Crippen LogP contribution < -0.4 is 25.4 Å². The van der Waals surface area contributed by atoms with Crippen molar-refractivity contribution in [3.63, 3.8) is 0 Å². The van der Waals surface area contributed by atoms with E-state index in [9.17, 15) is 4.79 Å². The lowest BCUT2D eigenvalue weighted by Crippen LogP contribution is -2.27. The van der Waals surface area contributed by atoms with Gasteiger partial charge in [0.2, 0.25) is 0 Å². The quantitative estimate of drug-likeness (QED) is 0.216. The number of aryl methyl sites for hydroxylation is 1. The highest BCUT2D eigenvalue weighted by molar-refractivity contribution is 5.87. The van der Waals surface area contributed by atoms with Gasteiger partial charge in [-0.15, -0.1) is 0 Å². The normalized spacial score (nSPS) is 10.9. The summed E-state index contributed by atoms with van der Waals surface area (Å²) in [6.07, 6.45) is 2.70. The monoisotopic (exact) mass is 542 g/mol. The minimum Gasteiger partial charge on any atom is -0.497 e. The second-order valence-corrected chi connectivity index (χ2v) is 10.0. The smallest absolute Gasteiger partial charge is 0.412 e. The number of benzene rings is 2. The van der Waals surface area contributed by atoms with E-state index >= 15 is 0 Å². The van der Waals surface area contributed by atoms with E-state index in [-0.39, 0.29) is 0 Å². The van der Waals surface area contributed by atoms with Crippen molar-refractivity contribution in [2.75, 3.05) is 30.2 Å². The predicted molar refractivity (Wildman–Crippen MR) is 156 cm³/mol. The van der Waals surface area contributed by atoms with Crippen molar-refractivity contribution in [3.05, 3.63) is 78.2 Å². The van der Waals surface area contributed by atoms with Crippen LogP contribution in [0, 0.1) is 6.92 Å². The number of rotatable bonds is 9. The average Bonchev–Trinajstić information content (AvgIpc) is 2.93. The lowest BCUT2D eigenvalue weighted by atomic mass is 10.1. The van der Waals surface area contributed by atoms with Crippen LogP contribution in [0.4, 0.5) is 27.8 Å². The zero-order valence-corrected chi connectivity index (χ0v) is 23.5. The minimum atomic E-state index is -0.593. The number of carbonyl (C=O) groups excluding carboxylic acids is 1. The number of aromatic nitrogens is 3. The molecule has 0 fully saturated rings. The van der Waals surface area contributed by atoms with E-state index in [1.165, 1.54) is 6.33 Å². The van der Waals surface area contributed by atoms with E-state index < -0.39 is 11.7 Å². The fourth-order valence-corrected chi connectivity index (χ4v) is 3.88. The Morgan fingerprint density at radius 1 is 0.950 bits per heavy atom. The summed E-state index contributed by atoms with van der Waals surface area (Å²) in [7, 11) is 3.25. The Morgan fingerprint density at radius 2 is 1.77 bits per heavy atom. The molecule has 0 bridgehead atoms. The first-order valence-electron chi connectivity index (χ1n) is 12.7. The van der Waals surface area contributed by atoms with Crippen LogP contribution in [0.2, 0.25) is 0 Å². The van der Waals surface area contributed by atoms with Crippen molar-refractivity contribution in [1.29, 1.82) is 0 Å². The van der Waals surface area contributed by atoms with Crippen LogP contribution in [0.25, 0.3) is 11.3 Å². The standard InChI is InChI=1S/C30H34N6O4/c1-19-9-11-21(35-29(37)40-30(2,3)4)14-24(19)36-28-23(8-7-13-31-28)25-16-27(34-18-33-25)32-17-20-10-12-22(38-5)15-26(20)39-6/h7-16,18H,17H2,1-6H3,(H,31,36)(H,35,37)(H,32,33,34). The minimum absolute atomic E-state index is 0.498. The molecule has 4 rings (SSSR count). The molecule has 0 unspecified atom stereocenters. The van der Waals surface area contributed by atoms with Crippen molar-refractivity contribution in [2.24, 2.45) is 0 Å². The molecule has 0 aliphatic rings. The maximum absolute atomic E-state index is 12.3.